The average molecular weight is 552 g/mol. The van der Waals surface area contributed by atoms with E-state index in [2.05, 4.69) is 27.3 Å². The quantitative estimate of drug-likeness (QED) is 0.413. The van der Waals surface area contributed by atoms with Crippen LogP contribution in [0, 0.1) is 11.7 Å². The fraction of sp³-hybridized carbons (Fsp3) is 0.379. The molecule has 206 valence electrons. The number of halogens is 1. The Morgan fingerprint density at radius 2 is 1.72 bits per heavy atom. The second-order valence-corrected chi connectivity index (χ2v) is 11.0. The monoisotopic (exact) mass is 551 g/mol. The van der Waals surface area contributed by atoms with Crippen molar-refractivity contribution in [3.05, 3.63) is 82.6 Å². The van der Waals surface area contributed by atoms with Crippen molar-refractivity contribution in [3.63, 3.8) is 0 Å². The van der Waals surface area contributed by atoms with E-state index in [4.69, 9.17) is 0 Å². The SMILES string of the molecule is CC(C)CN(CC(=O)Nc1nc(CC(=O)N2CCN(Cc3ccccc3)CC2)cs1)C(=O)c1ccc(F)cc1. The minimum absolute atomic E-state index is 0.0190. The second kappa shape index (κ2) is 13.4. The number of benzene rings is 2. The summed E-state index contributed by atoms with van der Waals surface area (Å²) in [5.74, 6) is -0.991. The van der Waals surface area contributed by atoms with Crippen molar-refractivity contribution in [1.82, 2.24) is 19.7 Å². The van der Waals surface area contributed by atoms with Gasteiger partial charge in [0.15, 0.2) is 5.13 Å². The molecule has 1 aliphatic rings. The molecule has 3 aromatic rings. The largest absolute Gasteiger partial charge is 0.340 e. The van der Waals surface area contributed by atoms with Crippen LogP contribution in [0.3, 0.4) is 0 Å². The van der Waals surface area contributed by atoms with Crippen LogP contribution in [0.2, 0.25) is 0 Å². The molecule has 10 heteroatoms. The van der Waals surface area contributed by atoms with Crippen LogP contribution in [-0.4, -0.2) is 76.7 Å². The van der Waals surface area contributed by atoms with Crippen LogP contribution in [-0.2, 0) is 22.6 Å². The molecule has 3 amide bonds. The van der Waals surface area contributed by atoms with Gasteiger partial charge in [-0.15, -0.1) is 11.3 Å². The van der Waals surface area contributed by atoms with Crippen LogP contribution in [0.4, 0.5) is 9.52 Å². The van der Waals surface area contributed by atoms with Gasteiger partial charge in [0.05, 0.1) is 12.1 Å². The summed E-state index contributed by atoms with van der Waals surface area (Å²) in [5.41, 5.74) is 2.19. The highest BCUT2D eigenvalue weighted by atomic mass is 32.1. The molecular formula is C29H34FN5O3S. The lowest BCUT2D eigenvalue weighted by Gasteiger charge is -2.34. The number of hydrogen-bond donors (Lipinski definition) is 1. The van der Waals surface area contributed by atoms with Crippen molar-refractivity contribution in [3.8, 4) is 0 Å². The van der Waals surface area contributed by atoms with Crippen LogP contribution in [0.25, 0.3) is 0 Å². The van der Waals surface area contributed by atoms with Crippen LogP contribution in [0.1, 0.15) is 35.5 Å². The zero-order valence-electron chi connectivity index (χ0n) is 22.3. The van der Waals surface area contributed by atoms with E-state index in [1.54, 1.807) is 5.38 Å². The van der Waals surface area contributed by atoms with Crippen molar-refractivity contribution in [2.45, 2.75) is 26.8 Å². The molecule has 0 aliphatic carbocycles. The number of hydrogen-bond acceptors (Lipinski definition) is 6. The van der Waals surface area contributed by atoms with E-state index in [0.717, 1.165) is 19.6 Å². The highest BCUT2D eigenvalue weighted by Crippen LogP contribution is 2.18. The molecule has 0 spiro atoms. The molecule has 0 bridgehead atoms. The number of piperazine rings is 1. The van der Waals surface area contributed by atoms with E-state index in [1.807, 2.05) is 36.9 Å². The topological polar surface area (TPSA) is 85.8 Å². The Morgan fingerprint density at radius 3 is 2.38 bits per heavy atom. The highest BCUT2D eigenvalue weighted by Gasteiger charge is 2.23. The second-order valence-electron chi connectivity index (χ2n) is 10.1. The fourth-order valence-electron chi connectivity index (χ4n) is 4.48. The van der Waals surface area contributed by atoms with Crippen molar-refractivity contribution < 1.29 is 18.8 Å². The first kappa shape index (κ1) is 28.4. The van der Waals surface area contributed by atoms with Gasteiger partial charge in [0, 0.05) is 50.2 Å². The van der Waals surface area contributed by atoms with Crippen LogP contribution < -0.4 is 5.32 Å². The molecule has 39 heavy (non-hydrogen) atoms. The third-order valence-electron chi connectivity index (χ3n) is 6.40. The number of rotatable bonds is 10. The molecule has 2 aromatic carbocycles. The molecule has 1 saturated heterocycles. The Balaban J connectivity index is 1.26. The summed E-state index contributed by atoms with van der Waals surface area (Å²) in [6.45, 7) is 8.00. The van der Waals surface area contributed by atoms with E-state index < -0.39 is 5.82 Å². The summed E-state index contributed by atoms with van der Waals surface area (Å²) in [6.07, 6.45) is 0.174. The van der Waals surface area contributed by atoms with E-state index in [9.17, 15) is 18.8 Å². The third kappa shape index (κ3) is 8.43. The molecule has 1 aliphatic heterocycles. The molecule has 1 aromatic heterocycles. The van der Waals surface area contributed by atoms with Crippen molar-refractivity contribution in [2.75, 3.05) is 44.6 Å². The zero-order valence-corrected chi connectivity index (χ0v) is 23.1. The lowest BCUT2D eigenvalue weighted by Crippen LogP contribution is -2.48. The standard InChI is InChI=1S/C29H34FN5O3S/c1-21(2)17-35(28(38)23-8-10-24(30)11-9-23)19-26(36)32-29-31-25(20-39-29)16-27(37)34-14-12-33(13-15-34)18-22-6-4-3-5-7-22/h3-11,20-21H,12-19H2,1-2H3,(H,31,32,36). The van der Waals surface area contributed by atoms with Crippen LogP contribution >= 0.6 is 11.3 Å². The van der Waals surface area contributed by atoms with Gasteiger partial charge in [-0.2, -0.15) is 0 Å². The number of anilines is 1. The molecule has 2 heterocycles. The summed E-state index contributed by atoms with van der Waals surface area (Å²) in [4.78, 5) is 48.6. The first-order valence-electron chi connectivity index (χ1n) is 13.1. The number of nitrogens with zero attached hydrogens (tertiary/aromatic N) is 4. The average Bonchev–Trinajstić information content (AvgIpc) is 3.35. The first-order valence-corrected chi connectivity index (χ1v) is 14.0. The summed E-state index contributed by atoms with van der Waals surface area (Å²) < 4.78 is 13.3. The molecule has 0 atom stereocenters. The van der Waals surface area contributed by atoms with E-state index in [1.165, 1.54) is 46.1 Å². The smallest absolute Gasteiger partial charge is 0.254 e. The molecule has 1 N–H and O–H groups in total. The fourth-order valence-corrected chi connectivity index (χ4v) is 5.20. The van der Waals surface area contributed by atoms with E-state index in [-0.39, 0.29) is 36.6 Å². The number of carbonyl (C=O) groups is 3. The van der Waals surface area contributed by atoms with E-state index in [0.29, 0.717) is 36.0 Å². The maximum atomic E-state index is 13.3. The van der Waals surface area contributed by atoms with Gasteiger partial charge >= 0.3 is 0 Å². The number of carbonyl (C=O) groups excluding carboxylic acids is 3. The molecule has 1 fully saturated rings. The molecule has 0 saturated carbocycles. The highest BCUT2D eigenvalue weighted by molar-refractivity contribution is 7.13. The Morgan fingerprint density at radius 1 is 1.03 bits per heavy atom. The Kier molecular flexibility index (Phi) is 9.78. The molecule has 0 unspecified atom stereocenters. The number of nitrogens with one attached hydrogen (secondary N) is 1. The minimum Gasteiger partial charge on any atom is -0.340 e. The lowest BCUT2D eigenvalue weighted by atomic mass is 10.1. The van der Waals surface area contributed by atoms with E-state index >= 15 is 0 Å². The van der Waals surface area contributed by atoms with Gasteiger partial charge in [0.2, 0.25) is 11.8 Å². The van der Waals surface area contributed by atoms with Gasteiger partial charge in [0.25, 0.3) is 5.91 Å². The molecule has 4 rings (SSSR count). The van der Waals surface area contributed by atoms with Gasteiger partial charge < -0.3 is 15.1 Å². The normalized spacial score (nSPS) is 13.9. The summed E-state index contributed by atoms with van der Waals surface area (Å²) in [5, 5.41) is 4.90. The van der Waals surface area contributed by atoms with Gasteiger partial charge in [-0.3, -0.25) is 19.3 Å². The molecule has 0 radical (unpaired) electrons. The van der Waals surface area contributed by atoms with Gasteiger partial charge in [-0.1, -0.05) is 44.2 Å². The van der Waals surface area contributed by atoms with Crippen LogP contribution in [0.5, 0.6) is 0 Å². The van der Waals surface area contributed by atoms with Crippen molar-refractivity contribution >= 4 is 34.2 Å². The predicted molar refractivity (Wildman–Crippen MR) is 150 cm³/mol. The van der Waals surface area contributed by atoms with Gasteiger partial charge in [0.1, 0.15) is 12.4 Å². The zero-order chi connectivity index (χ0) is 27.8. The lowest BCUT2D eigenvalue weighted by molar-refractivity contribution is -0.132. The maximum absolute atomic E-state index is 13.3. The number of amides is 3. The number of thiazole rings is 1. The van der Waals surface area contributed by atoms with Crippen LogP contribution in [0.15, 0.2) is 60.0 Å². The molecule has 8 nitrogen and oxygen atoms in total. The van der Waals surface area contributed by atoms with Gasteiger partial charge in [-0.05, 0) is 35.7 Å². The van der Waals surface area contributed by atoms with Crippen molar-refractivity contribution in [2.24, 2.45) is 5.92 Å². The number of aromatic nitrogens is 1. The third-order valence-corrected chi connectivity index (χ3v) is 7.21. The maximum Gasteiger partial charge on any atom is 0.254 e. The summed E-state index contributed by atoms with van der Waals surface area (Å²) >= 11 is 1.25. The minimum atomic E-state index is -0.428. The Labute approximate surface area is 232 Å². The van der Waals surface area contributed by atoms with Gasteiger partial charge in [-0.25, -0.2) is 9.37 Å². The predicted octanol–water partition coefficient (Wildman–Crippen LogP) is 3.91. The summed E-state index contributed by atoms with van der Waals surface area (Å²) in [7, 11) is 0. The Hall–Kier alpha value is -3.63. The first-order chi connectivity index (χ1) is 18.8. The summed E-state index contributed by atoms with van der Waals surface area (Å²) in [6, 6.07) is 15.6. The molecular weight excluding hydrogens is 517 g/mol. The Bertz CT molecular complexity index is 1260. The van der Waals surface area contributed by atoms with Crippen molar-refractivity contribution in [1.29, 1.82) is 0 Å².